The molecule has 11 heteroatoms. The fourth-order valence-electron chi connectivity index (χ4n) is 4.31. The summed E-state index contributed by atoms with van der Waals surface area (Å²) in [7, 11) is 0. The second-order valence-corrected chi connectivity index (χ2v) is 9.41. The van der Waals surface area contributed by atoms with Crippen molar-refractivity contribution in [1.29, 1.82) is 0 Å². The molecule has 41 heavy (non-hydrogen) atoms. The van der Waals surface area contributed by atoms with Gasteiger partial charge in [-0.3, -0.25) is 14.3 Å². The second-order valence-electron chi connectivity index (χ2n) is 9.02. The number of hydrogen-bond acceptors (Lipinski definition) is 9. The maximum absolute atomic E-state index is 13.2. The van der Waals surface area contributed by atoms with Crippen LogP contribution in [0, 0.1) is 4.77 Å². The number of hydrogen-bond donors (Lipinski definition) is 1. The summed E-state index contributed by atoms with van der Waals surface area (Å²) in [6.45, 7) is -0.340. The lowest BCUT2D eigenvalue weighted by Gasteiger charge is -2.25. The molecule has 4 aromatic rings. The van der Waals surface area contributed by atoms with Crippen LogP contribution < -0.4 is 5.56 Å². The molecule has 10 nitrogen and oxygen atoms in total. The van der Waals surface area contributed by atoms with Gasteiger partial charge in [0, 0.05) is 12.3 Å². The smallest absolute Gasteiger partial charge is 0.338 e. The SMILES string of the molecule is O=C(OCC1OC(n2ccc(=O)[nH]c2=S)C(OC(=O)c2ccccc2)C1OC(=O)c1ccccc1)c1ccccc1. The Balaban J connectivity index is 1.50. The topological polar surface area (TPSA) is 126 Å². The van der Waals surface area contributed by atoms with E-state index >= 15 is 0 Å². The molecule has 0 bridgehead atoms. The summed E-state index contributed by atoms with van der Waals surface area (Å²) in [6.07, 6.45) is -3.29. The zero-order valence-corrected chi connectivity index (χ0v) is 22.3. The van der Waals surface area contributed by atoms with Gasteiger partial charge in [-0.05, 0) is 48.6 Å². The Kier molecular flexibility index (Phi) is 8.47. The first-order chi connectivity index (χ1) is 19.9. The summed E-state index contributed by atoms with van der Waals surface area (Å²) in [6, 6.07) is 26.1. The average Bonchev–Trinajstić information content (AvgIpc) is 3.33. The van der Waals surface area contributed by atoms with Gasteiger partial charge in [-0.1, -0.05) is 54.6 Å². The van der Waals surface area contributed by atoms with Gasteiger partial charge in [-0.25, -0.2) is 14.4 Å². The lowest BCUT2D eigenvalue weighted by Crippen LogP contribution is -2.41. The van der Waals surface area contributed by atoms with E-state index < -0.39 is 48.0 Å². The minimum absolute atomic E-state index is 0.0154. The lowest BCUT2D eigenvalue weighted by molar-refractivity contribution is -0.0632. The molecule has 1 fully saturated rings. The monoisotopic (exact) mass is 572 g/mol. The Bertz CT molecular complexity index is 1640. The van der Waals surface area contributed by atoms with Crippen LogP contribution in [0.5, 0.6) is 0 Å². The van der Waals surface area contributed by atoms with Crippen molar-refractivity contribution in [3.05, 3.63) is 135 Å². The molecule has 5 rings (SSSR count). The van der Waals surface area contributed by atoms with E-state index in [2.05, 4.69) is 4.98 Å². The van der Waals surface area contributed by atoms with Gasteiger partial charge in [0.05, 0.1) is 16.7 Å². The Morgan fingerprint density at radius 3 is 1.73 bits per heavy atom. The van der Waals surface area contributed by atoms with Gasteiger partial charge in [0.25, 0.3) is 5.56 Å². The van der Waals surface area contributed by atoms with Crippen LogP contribution >= 0.6 is 12.2 Å². The van der Waals surface area contributed by atoms with Crippen LogP contribution in [0.2, 0.25) is 0 Å². The number of aromatic amines is 1. The van der Waals surface area contributed by atoms with Crippen molar-refractivity contribution >= 4 is 30.1 Å². The van der Waals surface area contributed by atoms with Gasteiger partial charge in [0.2, 0.25) is 0 Å². The van der Waals surface area contributed by atoms with E-state index in [-0.39, 0.29) is 22.5 Å². The Morgan fingerprint density at radius 1 is 0.732 bits per heavy atom. The van der Waals surface area contributed by atoms with Crippen molar-refractivity contribution in [2.75, 3.05) is 6.61 Å². The first kappa shape index (κ1) is 27.7. The number of nitrogens with zero attached hydrogens (tertiary/aromatic N) is 1. The van der Waals surface area contributed by atoms with E-state index in [9.17, 15) is 19.2 Å². The third kappa shape index (κ3) is 6.48. The molecular weight excluding hydrogens is 548 g/mol. The number of ether oxygens (including phenoxy) is 4. The number of H-pyrrole nitrogens is 1. The standard InChI is InChI=1S/C30H24N2O8S/c33-23-16-17-32(30(41)31-23)26-25(40-29(36)21-14-8-3-9-15-21)24(39-28(35)20-12-6-2-7-13-20)22(38-26)18-37-27(34)19-10-4-1-5-11-19/h1-17,22,24-26H,18H2,(H,31,33,41). The van der Waals surface area contributed by atoms with Gasteiger partial charge in [-0.15, -0.1) is 0 Å². The van der Waals surface area contributed by atoms with E-state index in [0.29, 0.717) is 5.56 Å². The Labute approximate surface area is 239 Å². The maximum atomic E-state index is 13.2. The third-order valence-electron chi connectivity index (χ3n) is 6.30. The highest BCUT2D eigenvalue weighted by molar-refractivity contribution is 7.71. The third-order valence-corrected chi connectivity index (χ3v) is 6.62. The molecule has 2 heterocycles. The molecule has 0 amide bonds. The molecule has 3 aromatic carbocycles. The normalized spacial score (nSPS) is 19.7. The predicted octanol–water partition coefficient (Wildman–Crippen LogP) is 4.11. The van der Waals surface area contributed by atoms with Crippen LogP contribution in [0.25, 0.3) is 0 Å². The van der Waals surface area contributed by atoms with Crippen molar-refractivity contribution in [1.82, 2.24) is 9.55 Å². The van der Waals surface area contributed by atoms with Crippen LogP contribution in [-0.4, -0.2) is 52.4 Å². The molecule has 208 valence electrons. The molecule has 4 atom stereocenters. The summed E-state index contributed by atoms with van der Waals surface area (Å²) < 4.78 is 24.8. The highest BCUT2D eigenvalue weighted by atomic mass is 32.1. The number of rotatable bonds is 8. The van der Waals surface area contributed by atoms with Crippen LogP contribution in [0.3, 0.4) is 0 Å². The van der Waals surface area contributed by atoms with Crippen molar-refractivity contribution in [3.63, 3.8) is 0 Å². The molecule has 0 radical (unpaired) electrons. The van der Waals surface area contributed by atoms with Crippen molar-refractivity contribution in [3.8, 4) is 0 Å². The van der Waals surface area contributed by atoms with Gasteiger partial charge >= 0.3 is 17.9 Å². The van der Waals surface area contributed by atoms with Gasteiger partial charge in [0.1, 0.15) is 12.7 Å². The number of benzene rings is 3. The van der Waals surface area contributed by atoms with E-state index in [0.717, 1.165) is 0 Å². The summed E-state index contributed by atoms with van der Waals surface area (Å²) >= 11 is 5.34. The summed E-state index contributed by atoms with van der Waals surface area (Å²) in [5.41, 5.74) is 0.380. The minimum Gasteiger partial charge on any atom is -0.459 e. The molecular formula is C30H24N2O8S. The maximum Gasteiger partial charge on any atom is 0.338 e. The zero-order chi connectivity index (χ0) is 28.8. The number of esters is 3. The van der Waals surface area contributed by atoms with Crippen LogP contribution in [-0.2, 0) is 18.9 Å². The van der Waals surface area contributed by atoms with Crippen LogP contribution in [0.4, 0.5) is 0 Å². The molecule has 1 aliphatic heterocycles. The quantitative estimate of drug-likeness (QED) is 0.189. The highest BCUT2D eigenvalue weighted by Crippen LogP contribution is 2.35. The molecule has 1 aliphatic rings. The fraction of sp³-hybridized carbons (Fsp3) is 0.167. The average molecular weight is 573 g/mol. The summed E-state index contributed by atoms with van der Waals surface area (Å²) in [5.74, 6) is -2.03. The van der Waals surface area contributed by atoms with E-state index in [1.807, 2.05) is 0 Å². The zero-order valence-electron chi connectivity index (χ0n) is 21.5. The molecule has 0 saturated carbocycles. The van der Waals surface area contributed by atoms with Crippen molar-refractivity contribution in [2.45, 2.75) is 24.5 Å². The molecule has 0 spiro atoms. The summed E-state index contributed by atoms with van der Waals surface area (Å²) in [5, 5.41) is 0. The van der Waals surface area contributed by atoms with E-state index in [1.54, 1.807) is 91.0 Å². The predicted molar refractivity (Wildman–Crippen MR) is 148 cm³/mol. The summed E-state index contributed by atoms with van der Waals surface area (Å²) in [4.78, 5) is 53.4. The minimum atomic E-state index is -1.24. The largest absolute Gasteiger partial charge is 0.459 e. The lowest BCUT2D eigenvalue weighted by atomic mass is 10.1. The molecule has 4 unspecified atom stereocenters. The Hall–Kier alpha value is -4.87. The second kappa shape index (κ2) is 12.5. The van der Waals surface area contributed by atoms with Crippen LogP contribution in [0.1, 0.15) is 37.3 Å². The fourth-order valence-corrected chi connectivity index (χ4v) is 4.57. The van der Waals surface area contributed by atoms with Gasteiger partial charge in [-0.2, -0.15) is 0 Å². The van der Waals surface area contributed by atoms with E-state index in [4.69, 9.17) is 31.2 Å². The van der Waals surface area contributed by atoms with Crippen molar-refractivity contribution in [2.24, 2.45) is 0 Å². The number of aromatic nitrogens is 2. The molecule has 1 saturated heterocycles. The number of carbonyl (C=O) groups excluding carboxylic acids is 3. The first-order valence-electron chi connectivity index (χ1n) is 12.6. The van der Waals surface area contributed by atoms with Crippen molar-refractivity contribution < 1.29 is 33.3 Å². The van der Waals surface area contributed by atoms with Gasteiger partial charge in [0.15, 0.2) is 23.2 Å². The first-order valence-corrected chi connectivity index (χ1v) is 13.0. The molecule has 1 N–H and O–H groups in total. The van der Waals surface area contributed by atoms with E-state index in [1.165, 1.54) is 16.8 Å². The Morgan fingerprint density at radius 2 is 1.22 bits per heavy atom. The number of carbonyl (C=O) groups is 3. The molecule has 1 aromatic heterocycles. The van der Waals surface area contributed by atoms with Gasteiger partial charge < -0.3 is 18.9 Å². The van der Waals surface area contributed by atoms with Crippen LogP contribution in [0.15, 0.2) is 108 Å². The highest BCUT2D eigenvalue weighted by Gasteiger charge is 2.51. The number of nitrogens with one attached hydrogen (secondary N) is 1. The molecule has 0 aliphatic carbocycles.